The molecule has 0 atom stereocenters. The lowest BCUT2D eigenvalue weighted by molar-refractivity contribution is -0.127. The van der Waals surface area contributed by atoms with Gasteiger partial charge in [-0.15, -0.1) is 0 Å². The fourth-order valence-electron chi connectivity index (χ4n) is 2.66. The Hall–Kier alpha value is -2.10. The van der Waals surface area contributed by atoms with Gasteiger partial charge >= 0.3 is 0 Å². The Labute approximate surface area is 189 Å². The van der Waals surface area contributed by atoms with Crippen LogP contribution in [-0.4, -0.2) is 42.6 Å². The van der Waals surface area contributed by atoms with Crippen molar-refractivity contribution in [3.05, 3.63) is 61.9 Å². The molecule has 0 aromatic heterocycles. The fraction of sp³-hybridized carbons (Fsp3) is 0.150. The van der Waals surface area contributed by atoms with Crippen molar-refractivity contribution < 1.29 is 14.4 Å². The van der Waals surface area contributed by atoms with E-state index in [1.54, 1.807) is 24.3 Å². The zero-order valence-electron chi connectivity index (χ0n) is 15.6. The van der Waals surface area contributed by atoms with Crippen molar-refractivity contribution >= 4 is 78.1 Å². The molecule has 9 heteroatoms. The number of carbonyl (C=O) groups excluding carboxylic acids is 3. The molecule has 0 aliphatic carbocycles. The number of imide groups is 1. The van der Waals surface area contributed by atoms with E-state index in [1.165, 1.54) is 0 Å². The van der Waals surface area contributed by atoms with E-state index in [1.807, 2.05) is 43.3 Å². The van der Waals surface area contributed by atoms with Gasteiger partial charge in [0.15, 0.2) is 0 Å². The van der Waals surface area contributed by atoms with E-state index in [2.05, 4.69) is 37.2 Å². The van der Waals surface area contributed by atoms with Crippen LogP contribution in [0.15, 0.2) is 56.3 Å². The van der Waals surface area contributed by atoms with E-state index in [-0.39, 0.29) is 11.4 Å². The van der Waals surface area contributed by atoms with Gasteiger partial charge in [-0.3, -0.25) is 19.3 Å². The molecule has 3 rings (SSSR count). The van der Waals surface area contributed by atoms with E-state index >= 15 is 0 Å². The summed E-state index contributed by atoms with van der Waals surface area (Å²) in [5.74, 6) is -0.923. The van der Waals surface area contributed by atoms with Gasteiger partial charge in [0.05, 0.1) is 16.3 Å². The van der Waals surface area contributed by atoms with Crippen LogP contribution >= 0.6 is 43.6 Å². The number of hydrogen-bond acceptors (Lipinski definition) is 5. The van der Waals surface area contributed by atoms with Gasteiger partial charge in [-0.2, -0.15) is 0 Å². The van der Waals surface area contributed by atoms with Crippen LogP contribution in [-0.2, 0) is 9.59 Å². The van der Waals surface area contributed by atoms with E-state index in [0.29, 0.717) is 10.2 Å². The first-order chi connectivity index (χ1) is 13.8. The number of nitrogens with one attached hydrogen (secondary N) is 1. The number of hydrogen-bond donors (Lipinski definition) is 1. The quantitative estimate of drug-likeness (QED) is 0.545. The summed E-state index contributed by atoms with van der Waals surface area (Å²) in [6.45, 7) is -0.341. The summed E-state index contributed by atoms with van der Waals surface area (Å²) < 4.78 is 1.59. The van der Waals surface area contributed by atoms with Crippen LogP contribution < -0.4 is 10.2 Å². The summed E-state index contributed by atoms with van der Waals surface area (Å²) in [7, 11) is 3.87. The Morgan fingerprint density at radius 3 is 2.52 bits per heavy atom. The lowest BCUT2D eigenvalue weighted by Gasteiger charge is -2.14. The number of benzene rings is 2. The van der Waals surface area contributed by atoms with Crippen LogP contribution in [0.1, 0.15) is 5.56 Å². The molecule has 2 aromatic carbocycles. The summed E-state index contributed by atoms with van der Waals surface area (Å²) in [5.41, 5.74) is 2.36. The molecule has 29 heavy (non-hydrogen) atoms. The van der Waals surface area contributed by atoms with Gasteiger partial charge in [0.1, 0.15) is 6.54 Å². The van der Waals surface area contributed by atoms with Crippen molar-refractivity contribution in [2.45, 2.75) is 0 Å². The van der Waals surface area contributed by atoms with Crippen molar-refractivity contribution in [2.24, 2.45) is 0 Å². The Balaban J connectivity index is 1.72. The van der Waals surface area contributed by atoms with Gasteiger partial charge in [-0.25, -0.2) is 0 Å². The summed E-state index contributed by atoms with van der Waals surface area (Å²) in [5, 5.41) is 2.23. The number of para-hydroxylation sites is 1. The molecule has 1 fully saturated rings. The predicted molar refractivity (Wildman–Crippen MR) is 124 cm³/mol. The molecule has 0 bridgehead atoms. The first-order valence-electron chi connectivity index (χ1n) is 8.53. The zero-order valence-corrected chi connectivity index (χ0v) is 19.6. The van der Waals surface area contributed by atoms with Crippen LogP contribution in [0.2, 0.25) is 0 Å². The summed E-state index contributed by atoms with van der Waals surface area (Å²) in [4.78, 5) is 40.4. The van der Waals surface area contributed by atoms with Crippen LogP contribution in [0.4, 0.5) is 16.2 Å². The van der Waals surface area contributed by atoms with Gasteiger partial charge in [0.2, 0.25) is 5.91 Å². The molecule has 3 amide bonds. The minimum Gasteiger partial charge on any atom is -0.377 e. The van der Waals surface area contributed by atoms with E-state index in [4.69, 9.17) is 0 Å². The Kier molecular flexibility index (Phi) is 6.81. The van der Waals surface area contributed by atoms with E-state index in [9.17, 15) is 14.4 Å². The number of carbonyl (C=O) groups is 3. The summed E-state index contributed by atoms with van der Waals surface area (Å²) in [6, 6.07) is 12.8. The van der Waals surface area contributed by atoms with Crippen LogP contribution in [0.5, 0.6) is 0 Å². The largest absolute Gasteiger partial charge is 0.377 e. The Morgan fingerprint density at radius 1 is 1.14 bits per heavy atom. The molecule has 6 nitrogen and oxygen atoms in total. The first-order valence-corrected chi connectivity index (χ1v) is 10.9. The number of thioether (sulfide) groups is 1. The van der Waals surface area contributed by atoms with Crippen LogP contribution in [0, 0.1) is 0 Å². The van der Waals surface area contributed by atoms with Gasteiger partial charge in [0.25, 0.3) is 11.1 Å². The molecule has 0 saturated carbocycles. The average Bonchev–Trinajstić information content (AvgIpc) is 2.91. The summed E-state index contributed by atoms with van der Waals surface area (Å²) in [6.07, 6.45) is 1.65. The number of anilines is 2. The standard InChI is InChI=1S/C20H17Br2N3O3S/c1-24(2)16-8-7-12(9-14(16)22)10-17-19(27)25(20(28)29-17)11-18(26)23-15-6-4-3-5-13(15)21/h3-10H,11H2,1-2H3,(H,23,26)/b17-10-. The molecule has 1 aliphatic rings. The maximum absolute atomic E-state index is 12.6. The van der Waals surface area contributed by atoms with Gasteiger partial charge in [-0.1, -0.05) is 18.2 Å². The molecule has 1 saturated heterocycles. The molecular weight excluding hydrogens is 522 g/mol. The zero-order chi connectivity index (χ0) is 21.1. The second kappa shape index (κ2) is 9.15. The molecule has 0 unspecified atom stereocenters. The van der Waals surface area contributed by atoms with Crippen molar-refractivity contribution in [1.29, 1.82) is 0 Å². The molecule has 2 aromatic rings. The lowest BCUT2D eigenvalue weighted by Crippen LogP contribution is -2.36. The molecule has 150 valence electrons. The highest BCUT2D eigenvalue weighted by molar-refractivity contribution is 9.11. The van der Waals surface area contributed by atoms with Crippen molar-refractivity contribution in [2.75, 3.05) is 30.9 Å². The maximum atomic E-state index is 12.6. The molecule has 1 N–H and O–H groups in total. The molecule has 0 radical (unpaired) electrons. The highest BCUT2D eigenvalue weighted by atomic mass is 79.9. The third-order valence-corrected chi connectivity index (χ3v) is 6.31. The van der Waals surface area contributed by atoms with Crippen LogP contribution in [0.25, 0.3) is 6.08 Å². The van der Waals surface area contributed by atoms with Crippen LogP contribution in [0.3, 0.4) is 0 Å². The first kappa shape index (κ1) is 21.6. The monoisotopic (exact) mass is 537 g/mol. The van der Waals surface area contributed by atoms with Gasteiger partial charge < -0.3 is 10.2 Å². The second-order valence-corrected chi connectivity index (χ2v) is 9.10. The van der Waals surface area contributed by atoms with E-state index < -0.39 is 17.1 Å². The highest BCUT2D eigenvalue weighted by Crippen LogP contribution is 2.34. The second-order valence-electron chi connectivity index (χ2n) is 6.40. The average molecular weight is 539 g/mol. The number of halogens is 2. The lowest BCUT2D eigenvalue weighted by atomic mass is 10.2. The maximum Gasteiger partial charge on any atom is 0.294 e. The third kappa shape index (κ3) is 5.09. The number of nitrogens with zero attached hydrogens (tertiary/aromatic N) is 2. The smallest absolute Gasteiger partial charge is 0.294 e. The third-order valence-electron chi connectivity index (χ3n) is 4.07. The number of rotatable bonds is 5. The van der Waals surface area contributed by atoms with Crippen molar-refractivity contribution in [3.8, 4) is 0 Å². The molecular formula is C20H17Br2N3O3S. The molecule has 0 spiro atoms. The van der Waals surface area contributed by atoms with Crippen molar-refractivity contribution in [1.82, 2.24) is 4.90 Å². The van der Waals surface area contributed by atoms with Crippen molar-refractivity contribution in [3.63, 3.8) is 0 Å². The minimum absolute atomic E-state index is 0.285. The Bertz CT molecular complexity index is 1020. The molecule has 1 aliphatic heterocycles. The SMILES string of the molecule is CN(C)c1ccc(/C=C2\SC(=O)N(CC(=O)Nc3ccccc3Br)C2=O)cc1Br. The topological polar surface area (TPSA) is 69.7 Å². The van der Waals surface area contributed by atoms with Gasteiger partial charge in [-0.05, 0) is 79.5 Å². The fourth-order valence-corrected chi connectivity index (χ4v) is 4.63. The normalized spacial score (nSPS) is 15.2. The molecule has 1 heterocycles. The predicted octanol–water partition coefficient (Wildman–Crippen LogP) is 4.95. The summed E-state index contributed by atoms with van der Waals surface area (Å²) >= 11 is 7.68. The Morgan fingerprint density at radius 2 is 1.86 bits per heavy atom. The number of amides is 3. The van der Waals surface area contributed by atoms with E-state index in [0.717, 1.165) is 32.4 Å². The minimum atomic E-state index is -0.477. The highest BCUT2D eigenvalue weighted by Gasteiger charge is 2.36. The van der Waals surface area contributed by atoms with Gasteiger partial charge in [0, 0.05) is 23.0 Å².